The lowest BCUT2D eigenvalue weighted by Crippen LogP contribution is -2.19. The SMILES string of the molecule is c1coc(CN2CC[C@H](c3ccnc(-c4cc5ccccc5s4)c3)C2)c1. The number of hydrogen-bond acceptors (Lipinski definition) is 4. The number of pyridine rings is 1. The van der Waals surface area contributed by atoms with E-state index < -0.39 is 0 Å². The molecule has 0 spiro atoms. The number of fused-ring (bicyclic) bond motifs is 1. The first-order valence-corrected chi connectivity index (χ1v) is 9.86. The van der Waals surface area contributed by atoms with Crippen molar-refractivity contribution in [3.05, 3.63) is 78.4 Å². The third-order valence-electron chi connectivity index (χ3n) is 5.17. The Balaban J connectivity index is 1.36. The van der Waals surface area contributed by atoms with E-state index in [9.17, 15) is 0 Å². The zero-order valence-electron chi connectivity index (χ0n) is 14.5. The van der Waals surface area contributed by atoms with Crippen LogP contribution in [-0.4, -0.2) is 23.0 Å². The van der Waals surface area contributed by atoms with Crippen LogP contribution < -0.4 is 0 Å². The van der Waals surface area contributed by atoms with Gasteiger partial charge in [0.1, 0.15) is 5.76 Å². The molecule has 1 fully saturated rings. The lowest BCUT2D eigenvalue weighted by Gasteiger charge is -2.15. The standard InChI is InChI=1S/C22H20N2OS/c1-2-6-21-17(4-1)13-22(26-21)20-12-16(7-9-23-20)18-8-10-24(14-18)15-19-5-3-11-25-19/h1-7,9,11-13,18H,8,10,14-15H2/t18-/m0/s1. The van der Waals surface area contributed by atoms with E-state index in [-0.39, 0.29) is 0 Å². The number of hydrogen-bond donors (Lipinski definition) is 0. The average molecular weight is 360 g/mol. The van der Waals surface area contributed by atoms with Gasteiger partial charge in [0.05, 0.1) is 23.4 Å². The van der Waals surface area contributed by atoms with Crippen LogP contribution in [0.5, 0.6) is 0 Å². The number of benzene rings is 1. The van der Waals surface area contributed by atoms with E-state index in [1.807, 2.05) is 23.6 Å². The van der Waals surface area contributed by atoms with Crippen LogP contribution in [-0.2, 0) is 6.54 Å². The van der Waals surface area contributed by atoms with Crippen molar-refractivity contribution in [3.8, 4) is 10.6 Å². The molecule has 26 heavy (non-hydrogen) atoms. The van der Waals surface area contributed by atoms with Crippen LogP contribution in [0.15, 0.2) is 71.5 Å². The predicted molar refractivity (Wildman–Crippen MR) is 106 cm³/mol. The van der Waals surface area contributed by atoms with Gasteiger partial charge in [-0.2, -0.15) is 0 Å². The summed E-state index contributed by atoms with van der Waals surface area (Å²) in [5, 5.41) is 1.30. The Morgan fingerprint density at radius 3 is 2.96 bits per heavy atom. The number of furan rings is 1. The molecule has 4 heterocycles. The molecule has 1 aromatic carbocycles. The summed E-state index contributed by atoms with van der Waals surface area (Å²) in [4.78, 5) is 8.36. The Bertz CT molecular complexity index is 989. The Kier molecular flexibility index (Phi) is 4.07. The molecule has 0 radical (unpaired) electrons. The largest absolute Gasteiger partial charge is 0.468 e. The smallest absolute Gasteiger partial charge is 0.117 e. The molecule has 1 atom stereocenters. The zero-order chi connectivity index (χ0) is 17.3. The minimum absolute atomic E-state index is 0.570. The fourth-order valence-corrected chi connectivity index (χ4v) is 4.85. The molecule has 5 rings (SSSR count). The highest BCUT2D eigenvalue weighted by molar-refractivity contribution is 7.22. The van der Waals surface area contributed by atoms with E-state index in [1.54, 1.807) is 6.26 Å². The highest BCUT2D eigenvalue weighted by Gasteiger charge is 2.25. The third kappa shape index (κ3) is 3.06. The fraction of sp³-hybridized carbons (Fsp3) is 0.227. The van der Waals surface area contributed by atoms with Crippen molar-refractivity contribution in [1.29, 1.82) is 0 Å². The molecule has 0 N–H and O–H groups in total. The minimum Gasteiger partial charge on any atom is -0.468 e. The van der Waals surface area contributed by atoms with E-state index in [2.05, 4.69) is 58.4 Å². The van der Waals surface area contributed by atoms with Crippen LogP contribution in [0.2, 0.25) is 0 Å². The Morgan fingerprint density at radius 2 is 2.08 bits per heavy atom. The molecular formula is C22H20N2OS. The Morgan fingerprint density at radius 1 is 1.12 bits per heavy atom. The van der Waals surface area contributed by atoms with Gasteiger partial charge in [0.25, 0.3) is 0 Å². The monoisotopic (exact) mass is 360 g/mol. The summed E-state index contributed by atoms with van der Waals surface area (Å²) >= 11 is 1.82. The molecule has 3 nitrogen and oxygen atoms in total. The van der Waals surface area contributed by atoms with Crippen molar-refractivity contribution in [2.24, 2.45) is 0 Å². The highest BCUT2D eigenvalue weighted by atomic mass is 32.1. The first kappa shape index (κ1) is 15.8. The summed E-state index contributed by atoms with van der Waals surface area (Å²) in [6.07, 6.45) is 4.91. The van der Waals surface area contributed by atoms with Crippen LogP contribution in [0, 0.1) is 0 Å². The van der Waals surface area contributed by atoms with Crippen LogP contribution in [0.3, 0.4) is 0 Å². The summed E-state index contributed by atoms with van der Waals surface area (Å²) in [5.41, 5.74) is 2.49. The number of aromatic nitrogens is 1. The number of likely N-dealkylation sites (tertiary alicyclic amines) is 1. The van der Waals surface area contributed by atoms with Crippen LogP contribution >= 0.6 is 11.3 Å². The topological polar surface area (TPSA) is 29.3 Å². The van der Waals surface area contributed by atoms with Gasteiger partial charge in [-0.15, -0.1) is 11.3 Å². The molecule has 130 valence electrons. The van der Waals surface area contributed by atoms with Crippen molar-refractivity contribution in [2.75, 3.05) is 13.1 Å². The first-order chi connectivity index (χ1) is 12.8. The molecule has 1 aliphatic rings. The lowest BCUT2D eigenvalue weighted by atomic mass is 9.98. The maximum atomic E-state index is 5.49. The van der Waals surface area contributed by atoms with Crippen LogP contribution in [0.1, 0.15) is 23.7 Å². The second-order valence-corrected chi connectivity index (χ2v) is 8.01. The summed E-state index contributed by atoms with van der Waals surface area (Å²) in [7, 11) is 0. The molecule has 0 amide bonds. The molecule has 0 bridgehead atoms. The number of rotatable bonds is 4. The lowest BCUT2D eigenvalue weighted by molar-refractivity contribution is 0.294. The maximum Gasteiger partial charge on any atom is 0.117 e. The van der Waals surface area contributed by atoms with Gasteiger partial charge in [0, 0.05) is 17.4 Å². The van der Waals surface area contributed by atoms with E-state index in [1.165, 1.54) is 26.9 Å². The molecule has 0 aliphatic carbocycles. The van der Waals surface area contributed by atoms with Gasteiger partial charge < -0.3 is 4.42 Å². The second kappa shape index (κ2) is 6.71. The number of nitrogens with zero attached hydrogens (tertiary/aromatic N) is 2. The normalized spacial score (nSPS) is 17.9. The van der Waals surface area contributed by atoms with Gasteiger partial charge in [0.2, 0.25) is 0 Å². The van der Waals surface area contributed by atoms with Crippen molar-refractivity contribution in [1.82, 2.24) is 9.88 Å². The number of thiophene rings is 1. The van der Waals surface area contributed by atoms with Gasteiger partial charge >= 0.3 is 0 Å². The third-order valence-corrected chi connectivity index (χ3v) is 6.30. The molecule has 0 unspecified atom stereocenters. The molecule has 4 heteroatoms. The van der Waals surface area contributed by atoms with Gasteiger partial charge in [-0.05, 0) is 66.2 Å². The summed E-state index contributed by atoms with van der Waals surface area (Å²) < 4.78 is 6.81. The van der Waals surface area contributed by atoms with Crippen molar-refractivity contribution < 1.29 is 4.42 Å². The predicted octanol–water partition coefficient (Wildman–Crippen LogP) is 5.55. The summed E-state index contributed by atoms with van der Waals surface area (Å²) in [6.45, 7) is 3.10. The van der Waals surface area contributed by atoms with E-state index in [0.29, 0.717) is 5.92 Å². The first-order valence-electron chi connectivity index (χ1n) is 9.05. The molecule has 0 saturated carbocycles. The molecule has 1 saturated heterocycles. The maximum absolute atomic E-state index is 5.49. The van der Waals surface area contributed by atoms with Gasteiger partial charge in [0.15, 0.2) is 0 Å². The fourth-order valence-electron chi connectivity index (χ4n) is 3.81. The second-order valence-electron chi connectivity index (χ2n) is 6.92. The zero-order valence-corrected chi connectivity index (χ0v) is 15.3. The quantitative estimate of drug-likeness (QED) is 0.478. The molecule has 3 aromatic heterocycles. The van der Waals surface area contributed by atoms with Crippen molar-refractivity contribution in [2.45, 2.75) is 18.9 Å². The molecule has 4 aromatic rings. The van der Waals surface area contributed by atoms with Crippen LogP contribution in [0.4, 0.5) is 0 Å². The van der Waals surface area contributed by atoms with Crippen molar-refractivity contribution in [3.63, 3.8) is 0 Å². The van der Waals surface area contributed by atoms with Gasteiger partial charge in [-0.25, -0.2) is 0 Å². The summed E-state index contributed by atoms with van der Waals surface area (Å²) in [6, 6.07) is 19.3. The average Bonchev–Trinajstić information content (AvgIpc) is 3.43. The molecule has 1 aliphatic heterocycles. The van der Waals surface area contributed by atoms with E-state index >= 15 is 0 Å². The van der Waals surface area contributed by atoms with Crippen molar-refractivity contribution >= 4 is 21.4 Å². The van der Waals surface area contributed by atoms with Gasteiger partial charge in [-0.3, -0.25) is 9.88 Å². The Labute approximate surface area is 156 Å². The highest BCUT2D eigenvalue weighted by Crippen LogP contribution is 2.35. The van der Waals surface area contributed by atoms with E-state index in [4.69, 9.17) is 4.42 Å². The van der Waals surface area contributed by atoms with Gasteiger partial charge in [-0.1, -0.05) is 18.2 Å². The van der Waals surface area contributed by atoms with Crippen LogP contribution in [0.25, 0.3) is 20.7 Å². The van der Waals surface area contributed by atoms with E-state index in [0.717, 1.165) is 31.1 Å². The molecular weight excluding hydrogens is 340 g/mol. The minimum atomic E-state index is 0.570. The summed E-state index contributed by atoms with van der Waals surface area (Å²) in [5.74, 6) is 1.62. The Hall–Kier alpha value is -2.43.